The first-order valence-electron chi connectivity index (χ1n) is 4.80. The summed E-state index contributed by atoms with van der Waals surface area (Å²) >= 11 is 0. The zero-order valence-corrected chi connectivity index (χ0v) is 8.85. The molecule has 0 aliphatic heterocycles. The highest BCUT2D eigenvalue weighted by molar-refractivity contribution is 5.08. The predicted octanol–water partition coefficient (Wildman–Crippen LogP) is 4.13. The Morgan fingerprint density at radius 3 is 2.25 bits per heavy atom. The van der Waals surface area contributed by atoms with Crippen LogP contribution in [0.2, 0.25) is 0 Å². The molecule has 1 aromatic heterocycles. The third-order valence-corrected chi connectivity index (χ3v) is 1.86. The first kappa shape index (κ1) is 11.3. The normalized spacial score (nSPS) is 11.8. The van der Waals surface area contributed by atoms with E-state index in [9.17, 15) is 0 Å². The van der Waals surface area contributed by atoms with Gasteiger partial charge in [-0.2, -0.15) is 0 Å². The van der Waals surface area contributed by atoms with E-state index in [2.05, 4.69) is 19.9 Å². The summed E-state index contributed by atoms with van der Waals surface area (Å²) in [5.74, 6) is 2.68. The summed E-state index contributed by atoms with van der Waals surface area (Å²) in [7, 11) is 0. The van der Waals surface area contributed by atoms with E-state index in [0.717, 1.165) is 17.9 Å². The van der Waals surface area contributed by atoms with Crippen molar-refractivity contribution in [2.45, 2.75) is 47.0 Å². The lowest BCUT2D eigenvalue weighted by atomic mass is 10.1. The molecular weight excluding hydrogens is 148 g/mol. The Labute approximate surface area is 75.8 Å². The first-order chi connectivity index (χ1) is 5.74. The lowest BCUT2D eigenvalue weighted by Crippen LogP contribution is -1.86. The van der Waals surface area contributed by atoms with Crippen LogP contribution in [0, 0.1) is 6.92 Å². The Bertz CT molecular complexity index is 201. The molecule has 0 unspecified atom stereocenters. The average molecular weight is 168 g/mol. The van der Waals surface area contributed by atoms with Gasteiger partial charge in [-0.05, 0) is 25.5 Å². The Hall–Kier alpha value is -0.720. The Balaban J connectivity index is 0.000000561. The predicted molar refractivity (Wildman–Crippen MR) is 53.5 cm³/mol. The molecule has 1 nitrogen and oxygen atoms in total. The molecule has 0 spiro atoms. The zero-order valence-electron chi connectivity index (χ0n) is 8.85. The van der Waals surface area contributed by atoms with Crippen molar-refractivity contribution >= 4 is 0 Å². The standard InChI is InChI=1S/C9H14O.C2H6/c1-4-7(2)9-6-5-8(3)10-9;1-2/h5-7H,4H2,1-3H3;1-2H3/t7-;/m0./s1. The molecule has 1 heteroatoms. The summed E-state index contributed by atoms with van der Waals surface area (Å²) in [6.07, 6.45) is 1.15. The molecule has 1 aromatic rings. The van der Waals surface area contributed by atoms with Gasteiger partial charge in [0.2, 0.25) is 0 Å². The lowest BCUT2D eigenvalue weighted by molar-refractivity contribution is 0.449. The molecule has 12 heavy (non-hydrogen) atoms. The maximum atomic E-state index is 5.44. The number of hydrogen-bond donors (Lipinski definition) is 0. The van der Waals surface area contributed by atoms with Crippen LogP contribution < -0.4 is 0 Å². The Morgan fingerprint density at radius 2 is 1.92 bits per heavy atom. The van der Waals surface area contributed by atoms with Crippen molar-refractivity contribution in [3.8, 4) is 0 Å². The van der Waals surface area contributed by atoms with Gasteiger partial charge in [0.15, 0.2) is 0 Å². The highest BCUT2D eigenvalue weighted by Gasteiger charge is 2.05. The molecular formula is C11H20O. The van der Waals surface area contributed by atoms with Crippen LogP contribution in [0.3, 0.4) is 0 Å². The minimum Gasteiger partial charge on any atom is -0.466 e. The molecule has 0 aromatic carbocycles. The van der Waals surface area contributed by atoms with Crippen molar-refractivity contribution in [3.05, 3.63) is 23.7 Å². The summed E-state index contributed by atoms with van der Waals surface area (Å²) in [5, 5.41) is 0. The Kier molecular flexibility index (Phi) is 5.52. The van der Waals surface area contributed by atoms with Crippen molar-refractivity contribution in [1.82, 2.24) is 0 Å². The quantitative estimate of drug-likeness (QED) is 0.647. The summed E-state index contributed by atoms with van der Waals surface area (Å²) in [5.41, 5.74) is 0. The van der Waals surface area contributed by atoms with Crippen molar-refractivity contribution < 1.29 is 4.42 Å². The maximum absolute atomic E-state index is 5.44. The van der Waals surface area contributed by atoms with Gasteiger partial charge in [0.25, 0.3) is 0 Å². The third kappa shape index (κ3) is 3.12. The molecule has 1 heterocycles. The van der Waals surface area contributed by atoms with E-state index in [1.807, 2.05) is 26.8 Å². The van der Waals surface area contributed by atoms with Gasteiger partial charge in [-0.15, -0.1) is 0 Å². The largest absolute Gasteiger partial charge is 0.466 e. The van der Waals surface area contributed by atoms with Crippen LogP contribution in [-0.4, -0.2) is 0 Å². The molecule has 0 aliphatic carbocycles. The van der Waals surface area contributed by atoms with E-state index >= 15 is 0 Å². The van der Waals surface area contributed by atoms with Crippen molar-refractivity contribution in [3.63, 3.8) is 0 Å². The molecule has 0 saturated heterocycles. The van der Waals surface area contributed by atoms with Crippen LogP contribution in [0.1, 0.15) is 51.6 Å². The fourth-order valence-electron chi connectivity index (χ4n) is 0.919. The molecule has 1 rings (SSSR count). The fraction of sp³-hybridized carbons (Fsp3) is 0.636. The molecule has 1 atom stereocenters. The average Bonchev–Trinajstić information content (AvgIpc) is 2.54. The minimum atomic E-state index is 0.564. The van der Waals surface area contributed by atoms with Crippen LogP contribution in [0.4, 0.5) is 0 Å². The van der Waals surface area contributed by atoms with Gasteiger partial charge < -0.3 is 4.42 Å². The number of hydrogen-bond acceptors (Lipinski definition) is 1. The molecule has 0 bridgehead atoms. The zero-order chi connectivity index (χ0) is 9.56. The van der Waals surface area contributed by atoms with E-state index in [4.69, 9.17) is 4.42 Å². The van der Waals surface area contributed by atoms with E-state index in [1.54, 1.807) is 0 Å². The van der Waals surface area contributed by atoms with Crippen LogP contribution in [0.5, 0.6) is 0 Å². The van der Waals surface area contributed by atoms with Crippen molar-refractivity contribution in [1.29, 1.82) is 0 Å². The van der Waals surface area contributed by atoms with E-state index in [-0.39, 0.29) is 0 Å². The van der Waals surface area contributed by atoms with Crippen LogP contribution in [0.15, 0.2) is 16.5 Å². The first-order valence-corrected chi connectivity index (χ1v) is 4.80. The summed E-state index contributed by atoms with van der Waals surface area (Å²) in [4.78, 5) is 0. The third-order valence-electron chi connectivity index (χ3n) is 1.86. The van der Waals surface area contributed by atoms with Gasteiger partial charge in [0.05, 0.1) is 0 Å². The number of rotatable bonds is 2. The van der Waals surface area contributed by atoms with Gasteiger partial charge in [-0.3, -0.25) is 0 Å². The highest BCUT2D eigenvalue weighted by Crippen LogP contribution is 2.20. The summed E-state index contributed by atoms with van der Waals surface area (Å²) in [6.45, 7) is 10.3. The second-order valence-corrected chi connectivity index (χ2v) is 2.76. The van der Waals surface area contributed by atoms with E-state index in [1.165, 1.54) is 0 Å². The second-order valence-electron chi connectivity index (χ2n) is 2.76. The van der Waals surface area contributed by atoms with Gasteiger partial charge in [-0.25, -0.2) is 0 Å². The molecule has 70 valence electrons. The number of aryl methyl sites for hydroxylation is 1. The molecule has 0 aliphatic rings. The monoisotopic (exact) mass is 168 g/mol. The van der Waals surface area contributed by atoms with Crippen LogP contribution in [0.25, 0.3) is 0 Å². The van der Waals surface area contributed by atoms with Gasteiger partial charge in [0, 0.05) is 5.92 Å². The minimum absolute atomic E-state index is 0.564. The number of furan rings is 1. The SMILES string of the molecule is CC.CC[C@H](C)c1ccc(C)o1. The molecule has 0 N–H and O–H groups in total. The van der Waals surface area contributed by atoms with E-state index in [0.29, 0.717) is 5.92 Å². The fourth-order valence-corrected chi connectivity index (χ4v) is 0.919. The second kappa shape index (κ2) is 5.87. The van der Waals surface area contributed by atoms with Gasteiger partial charge in [0.1, 0.15) is 11.5 Å². The smallest absolute Gasteiger partial charge is 0.106 e. The highest BCUT2D eigenvalue weighted by atomic mass is 16.3. The van der Waals surface area contributed by atoms with Crippen LogP contribution >= 0.6 is 0 Å². The molecule has 0 radical (unpaired) electrons. The molecule has 0 amide bonds. The van der Waals surface area contributed by atoms with Crippen molar-refractivity contribution in [2.75, 3.05) is 0 Å². The maximum Gasteiger partial charge on any atom is 0.106 e. The topological polar surface area (TPSA) is 13.1 Å². The van der Waals surface area contributed by atoms with Gasteiger partial charge >= 0.3 is 0 Å². The molecule has 0 fully saturated rings. The Morgan fingerprint density at radius 1 is 1.33 bits per heavy atom. The van der Waals surface area contributed by atoms with Gasteiger partial charge in [-0.1, -0.05) is 27.7 Å². The lowest BCUT2D eigenvalue weighted by Gasteiger charge is -2.01. The van der Waals surface area contributed by atoms with E-state index < -0.39 is 0 Å². The summed E-state index contributed by atoms with van der Waals surface area (Å²) in [6, 6.07) is 4.07. The van der Waals surface area contributed by atoms with Crippen molar-refractivity contribution in [2.24, 2.45) is 0 Å². The molecule has 0 saturated carbocycles. The summed E-state index contributed by atoms with van der Waals surface area (Å²) < 4.78 is 5.44. The van der Waals surface area contributed by atoms with Crippen LogP contribution in [-0.2, 0) is 0 Å².